The molecule has 1 fully saturated rings. The lowest BCUT2D eigenvalue weighted by Crippen LogP contribution is -2.63. The highest BCUT2D eigenvalue weighted by molar-refractivity contribution is 5.73. The van der Waals surface area contributed by atoms with Gasteiger partial charge in [-0.25, -0.2) is 4.39 Å². The van der Waals surface area contributed by atoms with Gasteiger partial charge in [0, 0.05) is 20.6 Å². The molecule has 1 amide bonds. The highest BCUT2D eigenvalue weighted by Crippen LogP contribution is 2.36. The zero-order chi connectivity index (χ0) is 24.3. The number of carbonyl (C=O) groups excluding carboxylic acids is 1. The van der Waals surface area contributed by atoms with Crippen molar-refractivity contribution in [2.24, 2.45) is 0 Å². The number of rotatable bonds is 7. The summed E-state index contributed by atoms with van der Waals surface area (Å²) in [7, 11) is 1.45. The molecule has 8 heteroatoms. The molecule has 0 bridgehead atoms. The molecule has 0 aliphatic carbocycles. The van der Waals surface area contributed by atoms with Crippen LogP contribution in [-0.2, 0) is 20.7 Å². The lowest BCUT2D eigenvalue weighted by Gasteiger charge is -2.46. The fourth-order valence-electron chi connectivity index (χ4n) is 4.21. The quantitative estimate of drug-likeness (QED) is 0.587. The number of aliphatic hydroxyl groups excluding tert-OH is 2. The Kier molecular flexibility index (Phi) is 7.74. The van der Waals surface area contributed by atoms with E-state index in [4.69, 9.17) is 14.2 Å². The summed E-state index contributed by atoms with van der Waals surface area (Å²) in [4.78, 5) is 11.3. The van der Waals surface area contributed by atoms with Crippen molar-refractivity contribution in [2.75, 3.05) is 13.7 Å². The topological polar surface area (TPSA) is 97.3 Å². The molecule has 0 aromatic heterocycles. The minimum atomic E-state index is -1.33. The maximum Gasteiger partial charge on any atom is 0.229 e. The van der Waals surface area contributed by atoms with Crippen LogP contribution in [0.15, 0.2) is 36.4 Å². The summed E-state index contributed by atoms with van der Waals surface area (Å²) in [5.74, 6) is -0.0664. The van der Waals surface area contributed by atoms with Crippen LogP contribution in [0.3, 0.4) is 0 Å². The molecule has 1 saturated heterocycles. The number of carbonyl (C=O) groups is 1. The highest BCUT2D eigenvalue weighted by Gasteiger charge is 2.50. The van der Waals surface area contributed by atoms with Crippen LogP contribution in [0.2, 0.25) is 0 Å². The number of methoxy groups -OCH3 is 1. The smallest absolute Gasteiger partial charge is 0.229 e. The van der Waals surface area contributed by atoms with Crippen molar-refractivity contribution in [3.63, 3.8) is 0 Å². The normalized spacial score (nSPS) is 24.4. The number of ether oxygens (including phenoxy) is 3. The largest absolute Gasteiger partial charge is 0.462 e. The third kappa shape index (κ3) is 5.70. The van der Waals surface area contributed by atoms with Crippen LogP contribution in [-0.4, -0.2) is 60.0 Å². The average Bonchev–Trinajstić information content (AvgIpc) is 2.73. The highest BCUT2D eigenvalue weighted by atomic mass is 19.1. The Morgan fingerprint density at radius 3 is 2.58 bits per heavy atom. The second-order valence-electron chi connectivity index (χ2n) is 8.86. The summed E-state index contributed by atoms with van der Waals surface area (Å²) in [6, 6.07) is 9.89. The molecule has 0 radical (unpaired) electrons. The summed E-state index contributed by atoms with van der Waals surface area (Å²) in [6.45, 7) is 7.24. The van der Waals surface area contributed by atoms with Gasteiger partial charge in [-0.15, -0.1) is 0 Å². The molecule has 3 rings (SSSR count). The number of aryl methyl sites for hydroxylation is 1. The van der Waals surface area contributed by atoms with E-state index in [-0.39, 0.29) is 11.7 Å². The Labute approximate surface area is 193 Å². The van der Waals surface area contributed by atoms with Gasteiger partial charge in [-0.05, 0) is 67.6 Å². The Bertz CT molecular complexity index is 995. The molecule has 2 aromatic carbocycles. The number of aliphatic hydroxyl groups is 2. The predicted octanol–water partition coefficient (Wildman–Crippen LogP) is 2.73. The molecular weight excluding hydrogens is 429 g/mol. The first kappa shape index (κ1) is 25.1. The van der Waals surface area contributed by atoms with Crippen molar-refractivity contribution >= 4 is 5.91 Å². The average molecular weight is 462 g/mol. The van der Waals surface area contributed by atoms with E-state index in [9.17, 15) is 19.4 Å². The van der Waals surface area contributed by atoms with Crippen molar-refractivity contribution < 1.29 is 33.6 Å². The van der Waals surface area contributed by atoms with Crippen LogP contribution in [0.1, 0.15) is 31.9 Å². The fourth-order valence-corrected chi connectivity index (χ4v) is 4.21. The van der Waals surface area contributed by atoms with Gasteiger partial charge < -0.3 is 29.7 Å². The van der Waals surface area contributed by atoms with Crippen LogP contribution in [0.25, 0.3) is 11.1 Å². The van der Waals surface area contributed by atoms with E-state index in [1.807, 2.05) is 13.0 Å². The van der Waals surface area contributed by atoms with Gasteiger partial charge in [0.2, 0.25) is 12.2 Å². The fraction of sp³-hybridized carbons (Fsp3) is 0.480. The molecule has 4 atom stereocenters. The van der Waals surface area contributed by atoms with Crippen LogP contribution >= 0.6 is 0 Å². The molecule has 4 unspecified atom stereocenters. The third-order valence-electron chi connectivity index (χ3n) is 5.85. The maximum atomic E-state index is 14.0. The Hall–Kier alpha value is -2.52. The molecule has 0 saturated carbocycles. The summed E-state index contributed by atoms with van der Waals surface area (Å²) >= 11 is 0. The van der Waals surface area contributed by atoms with Gasteiger partial charge in [-0.2, -0.15) is 0 Å². The SMILES string of the molecule is COC1C(O)C(O)C(Oc2cc(-c3cccc(F)c3)c(CCNC(C)=O)cc2C)OC1(C)C. The lowest BCUT2D eigenvalue weighted by atomic mass is 9.89. The molecule has 1 aliphatic rings. The van der Waals surface area contributed by atoms with E-state index in [0.717, 1.165) is 16.7 Å². The molecule has 180 valence electrons. The van der Waals surface area contributed by atoms with E-state index in [1.54, 1.807) is 32.0 Å². The van der Waals surface area contributed by atoms with E-state index in [2.05, 4.69) is 5.32 Å². The third-order valence-corrected chi connectivity index (χ3v) is 5.85. The lowest BCUT2D eigenvalue weighted by molar-refractivity contribution is -0.306. The van der Waals surface area contributed by atoms with E-state index in [0.29, 0.717) is 24.3 Å². The first-order valence-electron chi connectivity index (χ1n) is 10.9. The van der Waals surface area contributed by atoms with Gasteiger partial charge in [0.25, 0.3) is 0 Å². The number of nitrogens with one attached hydrogen (secondary N) is 1. The van der Waals surface area contributed by atoms with Crippen molar-refractivity contribution in [1.29, 1.82) is 0 Å². The van der Waals surface area contributed by atoms with Gasteiger partial charge in [-0.1, -0.05) is 18.2 Å². The van der Waals surface area contributed by atoms with Crippen LogP contribution < -0.4 is 10.1 Å². The second-order valence-corrected chi connectivity index (χ2v) is 8.86. The minimum Gasteiger partial charge on any atom is -0.462 e. The Morgan fingerprint density at radius 2 is 1.94 bits per heavy atom. The van der Waals surface area contributed by atoms with Crippen molar-refractivity contribution in [3.05, 3.63) is 53.3 Å². The Balaban J connectivity index is 1.95. The van der Waals surface area contributed by atoms with Crippen LogP contribution in [0, 0.1) is 12.7 Å². The number of halogens is 1. The van der Waals surface area contributed by atoms with Crippen molar-refractivity contribution in [3.8, 4) is 16.9 Å². The van der Waals surface area contributed by atoms with Gasteiger partial charge in [-0.3, -0.25) is 4.79 Å². The van der Waals surface area contributed by atoms with Crippen LogP contribution in [0.5, 0.6) is 5.75 Å². The summed E-state index contributed by atoms with van der Waals surface area (Å²) in [6.07, 6.45) is -3.86. The number of amides is 1. The first-order valence-corrected chi connectivity index (χ1v) is 10.9. The molecular formula is C25H32FNO6. The monoisotopic (exact) mass is 461 g/mol. The van der Waals surface area contributed by atoms with E-state index in [1.165, 1.54) is 26.2 Å². The van der Waals surface area contributed by atoms with Gasteiger partial charge in [0.15, 0.2) is 0 Å². The van der Waals surface area contributed by atoms with Gasteiger partial charge in [0.1, 0.15) is 29.9 Å². The molecule has 33 heavy (non-hydrogen) atoms. The zero-order valence-electron chi connectivity index (χ0n) is 19.6. The predicted molar refractivity (Wildman–Crippen MR) is 121 cm³/mol. The maximum absolute atomic E-state index is 14.0. The van der Waals surface area contributed by atoms with Crippen molar-refractivity contribution in [2.45, 2.75) is 64.3 Å². The molecule has 3 N–H and O–H groups in total. The molecule has 7 nitrogen and oxygen atoms in total. The Morgan fingerprint density at radius 1 is 1.21 bits per heavy atom. The summed E-state index contributed by atoms with van der Waals surface area (Å²) < 4.78 is 31.3. The zero-order valence-corrected chi connectivity index (χ0v) is 19.6. The molecule has 1 heterocycles. The second kappa shape index (κ2) is 10.2. The summed E-state index contributed by atoms with van der Waals surface area (Å²) in [5, 5.41) is 23.9. The van der Waals surface area contributed by atoms with Crippen molar-refractivity contribution in [1.82, 2.24) is 5.32 Å². The molecule has 1 aliphatic heterocycles. The number of hydrogen-bond acceptors (Lipinski definition) is 6. The minimum absolute atomic E-state index is 0.127. The molecule has 0 spiro atoms. The van der Waals surface area contributed by atoms with Gasteiger partial charge >= 0.3 is 0 Å². The van der Waals surface area contributed by atoms with E-state index < -0.39 is 30.2 Å². The first-order chi connectivity index (χ1) is 15.5. The standard InChI is InChI=1S/C25H32FNO6/c1-14-11-17(9-10-27-15(2)28)19(16-7-6-8-18(26)12-16)13-20(14)32-24-22(30)21(29)23(31-5)25(3,4)33-24/h6-8,11-13,21-24,29-30H,9-10H2,1-5H3,(H,27,28). The van der Waals surface area contributed by atoms with E-state index >= 15 is 0 Å². The number of benzene rings is 2. The number of hydrogen-bond donors (Lipinski definition) is 3. The molecule has 2 aromatic rings. The summed E-state index contributed by atoms with van der Waals surface area (Å²) in [5.41, 5.74) is 2.16. The van der Waals surface area contributed by atoms with Crippen LogP contribution in [0.4, 0.5) is 4.39 Å². The van der Waals surface area contributed by atoms with Gasteiger partial charge in [0.05, 0.1) is 5.60 Å².